The van der Waals surface area contributed by atoms with Crippen molar-refractivity contribution in [2.45, 2.75) is 42.5 Å². The second-order valence-corrected chi connectivity index (χ2v) is 6.20. The molecule has 0 spiro atoms. The van der Waals surface area contributed by atoms with Crippen LogP contribution in [0.2, 0.25) is 0 Å². The zero-order chi connectivity index (χ0) is 11.2. The number of thioether (sulfide) groups is 1. The summed E-state index contributed by atoms with van der Waals surface area (Å²) in [6, 6.07) is 0.610. The number of aromatic nitrogens is 2. The van der Waals surface area contributed by atoms with Crippen LogP contribution in [0, 0.1) is 0 Å². The Morgan fingerprint density at radius 1 is 1.38 bits per heavy atom. The van der Waals surface area contributed by atoms with Crippen LogP contribution in [0.15, 0.2) is 17.0 Å². The molecular formula is C11H17N3S2. The summed E-state index contributed by atoms with van der Waals surface area (Å²) in [5.74, 6) is 0.901. The lowest BCUT2D eigenvalue weighted by Gasteiger charge is -2.21. The van der Waals surface area contributed by atoms with Gasteiger partial charge in [-0.25, -0.2) is 0 Å². The van der Waals surface area contributed by atoms with Gasteiger partial charge in [0.05, 0.1) is 0 Å². The molecule has 1 heterocycles. The van der Waals surface area contributed by atoms with Gasteiger partial charge in [0.2, 0.25) is 5.13 Å². The Hall–Kier alpha value is -0.550. The Morgan fingerprint density at radius 2 is 2.19 bits per heavy atom. The molecule has 0 atom stereocenters. The van der Waals surface area contributed by atoms with Gasteiger partial charge in [0, 0.05) is 11.8 Å². The fraction of sp³-hybridized carbons (Fsp3) is 0.636. The second-order valence-electron chi connectivity index (χ2n) is 3.95. The van der Waals surface area contributed by atoms with Crippen LogP contribution < -0.4 is 5.32 Å². The standard InChI is InChI=1S/C11H17N3S2/c1-2-8-15-11-14-13-10(16-11)12-9-6-4-3-5-7-9/h2,9H,1,3-8H2,(H,12,13). The summed E-state index contributed by atoms with van der Waals surface area (Å²) in [4.78, 5) is 0. The van der Waals surface area contributed by atoms with E-state index < -0.39 is 0 Å². The number of anilines is 1. The second kappa shape index (κ2) is 6.25. The molecule has 1 fully saturated rings. The predicted molar refractivity (Wildman–Crippen MR) is 71.3 cm³/mol. The van der Waals surface area contributed by atoms with Crippen LogP contribution in [-0.2, 0) is 0 Å². The average molecular weight is 255 g/mol. The molecule has 5 heteroatoms. The van der Waals surface area contributed by atoms with Crippen molar-refractivity contribution in [1.29, 1.82) is 0 Å². The smallest absolute Gasteiger partial charge is 0.206 e. The zero-order valence-corrected chi connectivity index (χ0v) is 10.9. The summed E-state index contributed by atoms with van der Waals surface area (Å²) in [5, 5.41) is 12.8. The van der Waals surface area contributed by atoms with Gasteiger partial charge < -0.3 is 5.32 Å². The molecule has 1 N–H and O–H groups in total. The van der Waals surface area contributed by atoms with E-state index in [9.17, 15) is 0 Å². The molecule has 0 aromatic carbocycles. The molecule has 1 aliphatic rings. The Labute approximate surface area is 105 Å². The van der Waals surface area contributed by atoms with Gasteiger partial charge in [0.1, 0.15) is 0 Å². The van der Waals surface area contributed by atoms with E-state index in [2.05, 4.69) is 22.1 Å². The van der Waals surface area contributed by atoms with Gasteiger partial charge in [-0.15, -0.1) is 16.8 Å². The van der Waals surface area contributed by atoms with Gasteiger partial charge in [-0.3, -0.25) is 0 Å². The van der Waals surface area contributed by atoms with E-state index in [-0.39, 0.29) is 0 Å². The Kier molecular flexibility index (Phi) is 4.66. The average Bonchev–Trinajstić information content (AvgIpc) is 2.75. The highest BCUT2D eigenvalue weighted by Crippen LogP contribution is 2.28. The normalized spacial score (nSPS) is 17.2. The summed E-state index contributed by atoms with van der Waals surface area (Å²) >= 11 is 3.34. The van der Waals surface area contributed by atoms with Gasteiger partial charge in [0.15, 0.2) is 4.34 Å². The molecule has 2 rings (SSSR count). The highest BCUT2D eigenvalue weighted by Gasteiger charge is 2.14. The molecule has 0 saturated heterocycles. The summed E-state index contributed by atoms with van der Waals surface area (Å²) in [6.07, 6.45) is 8.50. The highest BCUT2D eigenvalue weighted by atomic mass is 32.2. The molecule has 1 aromatic rings. The van der Waals surface area contributed by atoms with Gasteiger partial charge >= 0.3 is 0 Å². The first-order valence-corrected chi connectivity index (χ1v) is 7.52. The van der Waals surface area contributed by atoms with Crippen molar-refractivity contribution >= 4 is 28.2 Å². The molecule has 16 heavy (non-hydrogen) atoms. The van der Waals surface area contributed by atoms with E-state index >= 15 is 0 Å². The molecule has 3 nitrogen and oxygen atoms in total. The minimum atomic E-state index is 0.610. The molecule has 1 aliphatic carbocycles. The minimum Gasteiger partial charge on any atom is -0.357 e. The van der Waals surface area contributed by atoms with Crippen molar-refractivity contribution in [3.63, 3.8) is 0 Å². The van der Waals surface area contributed by atoms with Gasteiger partial charge in [-0.05, 0) is 12.8 Å². The van der Waals surface area contributed by atoms with Crippen molar-refractivity contribution < 1.29 is 0 Å². The van der Waals surface area contributed by atoms with Gasteiger partial charge in [0.25, 0.3) is 0 Å². The van der Waals surface area contributed by atoms with Crippen molar-refractivity contribution in [3.8, 4) is 0 Å². The molecular weight excluding hydrogens is 238 g/mol. The van der Waals surface area contributed by atoms with Crippen LogP contribution in [-0.4, -0.2) is 22.0 Å². The van der Waals surface area contributed by atoms with E-state index in [1.54, 1.807) is 23.1 Å². The van der Waals surface area contributed by atoms with E-state index in [1.807, 2.05) is 6.08 Å². The SMILES string of the molecule is C=CCSc1nnc(NC2CCCCC2)s1. The van der Waals surface area contributed by atoms with Crippen molar-refractivity contribution in [2.75, 3.05) is 11.1 Å². The Morgan fingerprint density at radius 3 is 2.94 bits per heavy atom. The summed E-state index contributed by atoms with van der Waals surface area (Å²) in [7, 11) is 0. The van der Waals surface area contributed by atoms with Gasteiger partial charge in [-0.1, -0.05) is 48.4 Å². The van der Waals surface area contributed by atoms with E-state index in [1.165, 1.54) is 32.1 Å². The maximum absolute atomic E-state index is 4.17. The third-order valence-corrected chi connectivity index (χ3v) is 4.65. The fourth-order valence-electron chi connectivity index (χ4n) is 1.88. The highest BCUT2D eigenvalue weighted by molar-refractivity contribution is 8.01. The lowest BCUT2D eigenvalue weighted by atomic mass is 9.96. The lowest BCUT2D eigenvalue weighted by molar-refractivity contribution is 0.462. The van der Waals surface area contributed by atoms with Crippen LogP contribution in [0.1, 0.15) is 32.1 Å². The predicted octanol–water partition coefficient (Wildman–Crippen LogP) is 3.56. The molecule has 0 amide bonds. The number of hydrogen-bond donors (Lipinski definition) is 1. The molecule has 0 aliphatic heterocycles. The first-order valence-electron chi connectivity index (χ1n) is 5.72. The molecule has 0 unspecified atom stereocenters. The minimum absolute atomic E-state index is 0.610. The Balaban J connectivity index is 1.83. The maximum Gasteiger partial charge on any atom is 0.206 e. The van der Waals surface area contributed by atoms with E-state index in [0.29, 0.717) is 6.04 Å². The molecule has 1 aromatic heterocycles. The fourth-order valence-corrected chi connectivity index (χ4v) is 3.47. The van der Waals surface area contributed by atoms with E-state index in [4.69, 9.17) is 0 Å². The van der Waals surface area contributed by atoms with Crippen LogP contribution in [0.25, 0.3) is 0 Å². The van der Waals surface area contributed by atoms with Crippen molar-refractivity contribution in [3.05, 3.63) is 12.7 Å². The lowest BCUT2D eigenvalue weighted by Crippen LogP contribution is -2.21. The summed E-state index contributed by atoms with van der Waals surface area (Å²) in [5.41, 5.74) is 0. The molecule has 1 saturated carbocycles. The summed E-state index contributed by atoms with van der Waals surface area (Å²) in [6.45, 7) is 3.70. The summed E-state index contributed by atoms with van der Waals surface area (Å²) < 4.78 is 1.03. The van der Waals surface area contributed by atoms with Crippen molar-refractivity contribution in [1.82, 2.24) is 10.2 Å². The quantitative estimate of drug-likeness (QED) is 0.645. The molecule has 88 valence electrons. The van der Waals surface area contributed by atoms with Crippen LogP contribution in [0.5, 0.6) is 0 Å². The van der Waals surface area contributed by atoms with Gasteiger partial charge in [-0.2, -0.15) is 0 Å². The third-order valence-electron chi connectivity index (χ3n) is 2.66. The molecule has 0 bridgehead atoms. The maximum atomic E-state index is 4.17. The number of rotatable bonds is 5. The molecule has 0 radical (unpaired) electrons. The Bertz CT molecular complexity index is 332. The van der Waals surface area contributed by atoms with Crippen LogP contribution >= 0.6 is 23.1 Å². The zero-order valence-electron chi connectivity index (χ0n) is 9.32. The van der Waals surface area contributed by atoms with Crippen LogP contribution in [0.4, 0.5) is 5.13 Å². The first kappa shape index (κ1) is 11.9. The number of nitrogens with one attached hydrogen (secondary N) is 1. The monoisotopic (exact) mass is 255 g/mol. The number of nitrogens with zero attached hydrogens (tertiary/aromatic N) is 2. The third kappa shape index (κ3) is 3.49. The van der Waals surface area contributed by atoms with Crippen molar-refractivity contribution in [2.24, 2.45) is 0 Å². The largest absolute Gasteiger partial charge is 0.357 e. The topological polar surface area (TPSA) is 37.8 Å². The number of hydrogen-bond acceptors (Lipinski definition) is 5. The van der Waals surface area contributed by atoms with Crippen LogP contribution in [0.3, 0.4) is 0 Å². The first-order chi connectivity index (χ1) is 7.88. The van der Waals surface area contributed by atoms with E-state index in [0.717, 1.165) is 15.2 Å².